The molecule has 1 aliphatic rings. The number of hydrogen-bond donors (Lipinski definition) is 0. The van der Waals surface area contributed by atoms with Gasteiger partial charge in [-0.25, -0.2) is 0 Å². The van der Waals surface area contributed by atoms with Crippen molar-refractivity contribution in [1.29, 1.82) is 0 Å². The zero-order valence-electron chi connectivity index (χ0n) is 16.3. The lowest BCUT2D eigenvalue weighted by Gasteiger charge is -2.02. The third-order valence-electron chi connectivity index (χ3n) is 5.37. The molecule has 0 radical (unpaired) electrons. The summed E-state index contributed by atoms with van der Waals surface area (Å²) in [6.07, 6.45) is 26.8. The number of hydrogen-bond acceptors (Lipinski definition) is 1. The molecule has 1 saturated heterocycles. The van der Waals surface area contributed by atoms with Crippen LogP contribution in [0.3, 0.4) is 0 Å². The lowest BCUT2D eigenvalue weighted by atomic mass is 10.0. The van der Waals surface area contributed by atoms with E-state index in [9.17, 15) is 0 Å². The monoisotopic (exact) mass is 324 g/mol. The Hall–Kier alpha value is -0.0400. The van der Waals surface area contributed by atoms with Crippen LogP contribution in [0.1, 0.15) is 129 Å². The first-order valence-electron chi connectivity index (χ1n) is 11.0. The van der Waals surface area contributed by atoms with Crippen LogP contribution in [0.5, 0.6) is 0 Å². The Morgan fingerprint density at radius 3 is 1.17 bits per heavy atom. The first-order valence-corrected chi connectivity index (χ1v) is 11.0. The van der Waals surface area contributed by atoms with Gasteiger partial charge < -0.3 is 4.74 Å². The van der Waals surface area contributed by atoms with Gasteiger partial charge in [-0.3, -0.25) is 0 Å². The summed E-state index contributed by atoms with van der Waals surface area (Å²) in [7, 11) is 0. The Bertz CT molecular complexity index is 238. The molecule has 2 atom stereocenters. The van der Waals surface area contributed by atoms with E-state index in [1.54, 1.807) is 0 Å². The van der Waals surface area contributed by atoms with Crippen molar-refractivity contribution >= 4 is 0 Å². The highest BCUT2D eigenvalue weighted by Crippen LogP contribution is 2.31. The van der Waals surface area contributed by atoms with Crippen molar-refractivity contribution in [1.82, 2.24) is 0 Å². The van der Waals surface area contributed by atoms with E-state index in [4.69, 9.17) is 4.74 Å². The van der Waals surface area contributed by atoms with E-state index in [0.717, 1.165) is 0 Å². The highest BCUT2D eigenvalue weighted by molar-refractivity contribution is 4.84. The molecule has 2 unspecified atom stereocenters. The molecule has 1 aliphatic heterocycles. The summed E-state index contributed by atoms with van der Waals surface area (Å²) in [5, 5.41) is 0. The van der Waals surface area contributed by atoms with Crippen molar-refractivity contribution in [3.63, 3.8) is 0 Å². The number of rotatable bonds is 18. The predicted octanol–water partition coefficient (Wildman–Crippen LogP) is 7.82. The Labute approximate surface area is 147 Å². The number of unbranched alkanes of at least 4 members (excludes halogenated alkanes) is 14. The molecule has 0 N–H and O–H groups in total. The molecule has 0 amide bonds. The second-order valence-corrected chi connectivity index (χ2v) is 7.74. The average Bonchev–Trinajstić information content (AvgIpc) is 3.30. The summed E-state index contributed by atoms with van der Waals surface area (Å²) in [6, 6.07) is 0. The molecule has 0 aromatic carbocycles. The van der Waals surface area contributed by atoms with Crippen LogP contribution >= 0.6 is 0 Å². The second kappa shape index (κ2) is 15.5. The second-order valence-electron chi connectivity index (χ2n) is 7.74. The highest BCUT2D eigenvalue weighted by Gasteiger charge is 2.36. The molecule has 0 bridgehead atoms. The van der Waals surface area contributed by atoms with Crippen molar-refractivity contribution in [2.24, 2.45) is 0 Å². The third-order valence-corrected chi connectivity index (χ3v) is 5.37. The Morgan fingerprint density at radius 2 is 0.739 bits per heavy atom. The fraction of sp³-hybridized carbons (Fsp3) is 1.00. The summed E-state index contributed by atoms with van der Waals surface area (Å²) >= 11 is 0. The van der Waals surface area contributed by atoms with Crippen molar-refractivity contribution in [3.8, 4) is 0 Å². The van der Waals surface area contributed by atoms with Gasteiger partial charge in [0.15, 0.2) is 0 Å². The van der Waals surface area contributed by atoms with Gasteiger partial charge >= 0.3 is 0 Å². The van der Waals surface area contributed by atoms with Crippen LogP contribution in [0.4, 0.5) is 0 Å². The maximum Gasteiger partial charge on any atom is 0.0841 e. The molecule has 1 heterocycles. The third kappa shape index (κ3) is 13.0. The zero-order chi connectivity index (χ0) is 16.6. The van der Waals surface area contributed by atoms with Crippen LogP contribution in [-0.2, 0) is 4.74 Å². The Morgan fingerprint density at radius 1 is 0.435 bits per heavy atom. The fourth-order valence-electron chi connectivity index (χ4n) is 3.65. The lowest BCUT2D eigenvalue weighted by Crippen LogP contribution is -1.94. The van der Waals surface area contributed by atoms with Crippen LogP contribution < -0.4 is 0 Å². The van der Waals surface area contributed by atoms with Crippen molar-refractivity contribution in [2.45, 2.75) is 142 Å². The summed E-state index contributed by atoms with van der Waals surface area (Å²) in [5.41, 5.74) is 0. The van der Waals surface area contributed by atoms with Crippen LogP contribution in [0.25, 0.3) is 0 Å². The lowest BCUT2D eigenvalue weighted by molar-refractivity contribution is 0.348. The molecule has 0 aliphatic carbocycles. The van der Waals surface area contributed by atoms with Crippen LogP contribution in [0, 0.1) is 0 Å². The zero-order valence-corrected chi connectivity index (χ0v) is 16.3. The molecule has 0 aromatic heterocycles. The Balaban J connectivity index is 1.68. The quantitative estimate of drug-likeness (QED) is 0.185. The molecule has 1 fully saturated rings. The highest BCUT2D eigenvalue weighted by atomic mass is 16.6. The molecule has 23 heavy (non-hydrogen) atoms. The smallest absolute Gasteiger partial charge is 0.0841 e. The van der Waals surface area contributed by atoms with E-state index in [0.29, 0.717) is 12.2 Å². The average molecular weight is 325 g/mol. The van der Waals surface area contributed by atoms with Gasteiger partial charge in [0.05, 0.1) is 12.2 Å². The maximum atomic E-state index is 5.77. The molecular formula is C22H44O. The molecular weight excluding hydrogens is 280 g/mol. The van der Waals surface area contributed by atoms with Gasteiger partial charge in [0, 0.05) is 0 Å². The standard InChI is InChI=1S/C22H44O/c1-3-5-7-8-9-10-11-12-13-14-15-16-18-20-22-21(23-22)19-17-6-4-2/h21-22H,3-20H2,1-2H3. The molecule has 0 aromatic rings. The summed E-state index contributed by atoms with van der Waals surface area (Å²) in [6.45, 7) is 4.57. The topological polar surface area (TPSA) is 12.5 Å². The van der Waals surface area contributed by atoms with Crippen LogP contribution in [0.15, 0.2) is 0 Å². The summed E-state index contributed by atoms with van der Waals surface area (Å²) < 4.78 is 5.77. The van der Waals surface area contributed by atoms with Crippen LogP contribution in [-0.4, -0.2) is 12.2 Å². The van der Waals surface area contributed by atoms with Gasteiger partial charge in [-0.1, -0.05) is 117 Å². The molecule has 1 nitrogen and oxygen atoms in total. The first-order chi connectivity index (χ1) is 11.4. The molecule has 1 heteroatoms. The van der Waals surface area contributed by atoms with Gasteiger partial charge in [0.25, 0.3) is 0 Å². The molecule has 0 spiro atoms. The van der Waals surface area contributed by atoms with Crippen molar-refractivity contribution in [3.05, 3.63) is 0 Å². The van der Waals surface area contributed by atoms with E-state index < -0.39 is 0 Å². The van der Waals surface area contributed by atoms with Crippen molar-refractivity contribution < 1.29 is 4.74 Å². The summed E-state index contributed by atoms with van der Waals surface area (Å²) in [4.78, 5) is 0. The Kier molecular flexibility index (Phi) is 14.1. The SMILES string of the molecule is CCCCCCCCCCCCCCCC1OC1CCCCC. The van der Waals surface area contributed by atoms with E-state index in [-0.39, 0.29) is 0 Å². The van der Waals surface area contributed by atoms with Crippen LogP contribution in [0.2, 0.25) is 0 Å². The van der Waals surface area contributed by atoms with Gasteiger partial charge in [0.1, 0.15) is 0 Å². The number of ether oxygens (including phenoxy) is 1. The van der Waals surface area contributed by atoms with Gasteiger partial charge in [0.2, 0.25) is 0 Å². The minimum Gasteiger partial charge on any atom is -0.370 e. The van der Waals surface area contributed by atoms with E-state index in [2.05, 4.69) is 13.8 Å². The molecule has 1 rings (SSSR count). The van der Waals surface area contributed by atoms with E-state index in [1.807, 2.05) is 0 Å². The van der Waals surface area contributed by atoms with Gasteiger partial charge in [-0.05, 0) is 12.8 Å². The van der Waals surface area contributed by atoms with E-state index >= 15 is 0 Å². The summed E-state index contributed by atoms with van der Waals surface area (Å²) in [5.74, 6) is 0. The van der Waals surface area contributed by atoms with Crippen molar-refractivity contribution in [2.75, 3.05) is 0 Å². The van der Waals surface area contributed by atoms with Gasteiger partial charge in [-0.2, -0.15) is 0 Å². The largest absolute Gasteiger partial charge is 0.370 e. The fourth-order valence-corrected chi connectivity index (χ4v) is 3.65. The molecule has 0 saturated carbocycles. The maximum absolute atomic E-state index is 5.77. The first kappa shape index (κ1) is 21.0. The minimum atomic E-state index is 0.638. The normalized spacial score (nSPS) is 20.1. The van der Waals surface area contributed by atoms with Gasteiger partial charge in [-0.15, -0.1) is 0 Å². The predicted molar refractivity (Wildman–Crippen MR) is 103 cm³/mol. The molecule has 138 valence electrons. The number of epoxide rings is 1. The minimum absolute atomic E-state index is 0.638. The van der Waals surface area contributed by atoms with E-state index in [1.165, 1.54) is 116 Å².